The molecule has 1 saturated heterocycles. The summed E-state index contributed by atoms with van der Waals surface area (Å²) in [6, 6.07) is 4.22. The maximum atomic E-state index is 12.8. The van der Waals surface area contributed by atoms with Gasteiger partial charge in [0.25, 0.3) is 17.7 Å². The van der Waals surface area contributed by atoms with E-state index in [1.54, 1.807) is 11.0 Å². The lowest BCUT2D eigenvalue weighted by Crippen LogP contribution is -2.36. The minimum Gasteiger partial charge on any atom is -0.481 e. The summed E-state index contributed by atoms with van der Waals surface area (Å²) in [6.45, 7) is 2.86. The summed E-state index contributed by atoms with van der Waals surface area (Å²) >= 11 is 0. The predicted octanol–water partition coefficient (Wildman–Crippen LogP) is 2.16. The van der Waals surface area contributed by atoms with Crippen LogP contribution in [0.1, 0.15) is 70.1 Å². The zero-order chi connectivity index (χ0) is 18.8. The van der Waals surface area contributed by atoms with Crippen LogP contribution < -0.4 is 0 Å². The Bertz CT molecular complexity index is 773. The van der Waals surface area contributed by atoms with Crippen LogP contribution in [0, 0.1) is 0 Å². The van der Waals surface area contributed by atoms with Crippen molar-refractivity contribution in [2.75, 3.05) is 13.1 Å². The number of likely N-dealkylation sites (tertiary alicyclic amines) is 1. The SMILES string of the molecule is CCCCN1C(=O)c2ccc(C(=O)N3CCCC3CC(=O)O)cc2C1=O. The number of carboxylic acid groups (broad SMARTS) is 1. The van der Waals surface area contributed by atoms with Crippen molar-refractivity contribution in [3.05, 3.63) is 34.9 Å². The molecule has 26 heavy (non-hydrogen) atoms. The molecule has 3 amide bonds. The van der Waals surface area contributed by atoms with E-state index < -0.39 is 5.97 Å². The van der Waals surface area contributed by atoms with E-state index in [0.717, 1.165) is 19.3 Å². The number of fused-ring (bicyclic) bond motifs is 1. The van der Waals surface area contributed by atoms with Gasteiger partial charge >= 0.3 is 5.97 Å². The Morgan fingerprint density at radius 3 is 2.62 bits per heavy atom. The molecule has 3 rings (SSSR count). The first kappa shape index (κ1) is 18.1. The fraction of sp³-hybridized carbons (Fsp3) is 0.474. The van der Waals surface area contributed by atoms with Crippen molar-refractivity contribution in [3.63, 3.8) is 0 Å². The van der Waals surface area contributed by atoms with E-state index >= 15 is 0 Å². The van der Waals surface area contributed by atoms with E-state index in [0.29, 0.717) is 30.6 Å². The maximum Gasteiger partial charge on any atom is 0.305 e. The van der Waals surface area contributed by atoms with Gasteiger partial charge < -0.3 is 10.0 Å². The number of imide groups is 1. The largest absolute Gasteiger partial charge is 0.481 e. The lowest BCUT2D eigenvalue weighted by Gasteiger charge is -2.23. The van der Waals surface area contributed by atoms with Gasteiger partial charge in [-0.2, -0.15) is 0 Å². The number of hydrogen-bond acceptors (Lipinski definition) is 4. The summed E-state index contributed by atoms with van der Waals surface area (Å²) in [7, 11) is 0. The van der Waals surface area contributed by atoms with Crippen molar-refractivity contribution in [1.82, 2.24) is 9.80 Å². The molecule has 2 heterocycles. The number of carbonyl (C=O) groups excluding carboxylic acids is 3. The fourth-order valence-corrected chi connectivity index (χ4v) is 3.63. The van der Waals surface area contributed by atoms with Crippen molar-refractivity contribution in [1.29, 1.82) is 0 Å². The lowest BCUT2D eigenvalue weighted by molar-refractivity contribution is -0.137. The van der Waals surface area contributed by atoms with Gasteiger partial charge in [-0.3, -0.25) is 24.1 Å². The highest BCUT2D eigenvalue weighted by molar-refractivity contribution is 6.22. The van der Waals surface area contributed by atoms with Crippen LogP contribution in [0.2, 0.25) is 0 Å². The Hall–Kier alpha value is -2.70. The van der Waals surface area contributed by atoms with Crippen LogP contribution in [-0.4, -0.2) is 57.7 Å². The van der Waals surface area contributed by atoms with Crippen LogP contribution in [-0.2, 0) is 4.79 Å². The monoisotopic (exact) mass is 358 g/mol. The summed E-state index contributed by atoms with van der Waals surface area (Å²) in [5, 5.41) is 9.01. The van der Waals surface area contributed by atoms with E-state index in [1.807, 2.05) is 6.92 Å². The Balaban J connectivity index is 1.83. The number of benzene rings is 1. The smallest absolute Gasteiger partial charge is 0.305 e. The second-order valence-corrected chi connectivity index (χ2v) is 6.77. The van der Waals surface area contributed by atoms with E-state index in [4.69, 9.17) is 5.11 Å². The number of unbranched alkanes of at least 4 members (excludes halogenated alkanes) is 1. The first-order chi connectivity index (χ1) is 12.4. The third kappa shape index (κ3) is 3.21. The summed E-state index contributed by atoms with van der Waals surface area (Å²) in [5.41, 5.74) is 0.900. The molecule has 0 saturated carbocycles. The molecule has 2 aliphatic heterocycles. The molecule has 0 aliphatic carbocycles. The van der Waals surface area contributed by atoms with Gasteiger partial charge in [0.1, 0.15) is 0 Å². The van der Waals surface area contributed by atoms with E-state index in [2.05, 4.69) is 0 Å². The van der Waals surface area contributed by atoms with Crippen LogP contribution in [0.4, 0.5) is 0 Å². The molecule has 0 radical (unpaired) electrons. The number of hydrogen-bond donors (Lipinski definition) is 1. The number of rotatable bonds is 6. The van der Waals surface area contributed by atoms with Gasteiger partial charge in [-0.1, -0.05) is 13.3 Å². The first-order valence-corrected chi connectivity index (χ1v) is 8.97. The Kier molecular flexibility index (Phi) is 5.06. The second-order valence-electron chi connectivity index (χ2n) is 6.77. The average Bonchev–Trinajstić information content (AvgIpc) is 3.16. The summed E-state index contributed by atoms with van der Waals surface area (Å²) in [4.78, 5) is 51.5. The standard InChI is InChI=1S/C19H22N2O5/c1-2-3-8-21-18(25)14-7-6-12(10-15(14)19(21)26)17(24)20-9-4-5-13(20)11-16(22)23/h6-7,10,13H,2-5,8-9,11H2,1H3,(H,22,23). The molecule has 1 atom stereocenters. The van der Waals surface area contributed by atoms with Crippen molar-refractivity contribution >= 4 is 23.7 Å². The zero-order valence-electron chi connectivity index (χ0n) is 14.7. The van der Waals surface area contributed by atoms with E-state index in [-0.39, 0.29) is 35.7 Å². The van der Waals surface area contributed by atoms with Crippen LogP contribution in [0.5, 0.6) is 0 Å². The van der Waals surface area contributed by atoms with Crippen molar-refractivity contribution in [2.24, 2.45) is 0 Å². The molecule has 0 aromatic heterocycles. The van der Waals surface area contributed by atoms with Crippen LogP contribution in [0.15, 0.2) is 18.2 Å². The van der Waals surface area contributed by atoms with Crippen LogP contribution in [0.3, 0.4) is 0 Å². The molecular formula is C19H22N2O5. The highest BCUT2D eigenvalue weighted by Gasteiger charge is 2.37. The molecule has 1 N–H and O–H groups in total. The molecule has 138 valence electrons. The lowest BCUT2D eigenvalue weighted by atomic mass is 10.0. The van der Waals surface area contributed by atoms with Gasteiger partial charge in [-0.15, -0.1) is 0 Å². The van der Waals surface area contributed by atoms with Gasteiger partial charge in [0.2, 0.25) is 0 Å². The Labute approximate surface area is 151 Å². The molecule has 1 fully saturated rings. The van der Waals surface area contributed by atoms with Crippen LogP contribution in [0.25, 0.3) is 0 Å². The highest BCUT2D eigenvalue weighted by Crippen LogP contribution is 2.27. The average molecular weight is 358 g/mol. The fourth-order valence-electron chi connectivity index (χ4n) is 3.63. The van der Waals surface area contributed by atoms with E-state index in [1.165, 1.54) is 17.0 Å². The Morgan fingerprint density at radius 1 is 1.19 bits per heavy atom. The summed E-state index contributed by atoms with van der Waals surface area (Å²) in [6.07, 6.45) is 2.94. The Morgan fingerprint density at radius 2 is 1.92 bits per heavy atom. The minimum absolute atomic E-state index is 0.0844. The number of amides is 3. The van der Waals surface area contributed by atoms with E-state index in [9.17, 15) is 19.2 Å². The van der Waals surface area contributed by atoms with Gasteiger partial charge in [0.05, 0.1) is 17.5 Å². The van der Waals surface area contributed by atoms with Gasteiger partial charge in [0.15, 0.2) is 0 Å². The molecule has 7 nitrogen and oxygen atoms in total. The first-order valence-electron chi connectivity index (χ1n) is 8.97. The maximum absolute atomic E-state index is 12.8. The number of carbonyl (C=O) groups is 4. The topological polar surface area (TPSA) is 95.0 Å². The second kappa shape index (κ2) is 7.27. The van der Waals surface area contributed by atoms with Crippen molar-refractivity contribution in [2.45, 2.75) is 45.1 Å². The number of carboxylic acids is 1. The summed E-state index contributed by atoms with van der Waals surface area (Å²) < 4.78 is 0. The molecular weight excluding hydrogens is 336 g/mol. The van der Waals surface area contributed by atoms with Gasteiger partial charge in [0, 0.05) is 24.7 Å². The molecule has 2 aliphatic rings. The zero-order valence-corrected chi connectivity index (χ0v) is 14.7. The minimum atomic E-state index is -0.934. The quantitative estimate of drug-likeness (QED) is 0.786. The van der Waals surface area contributed by atoms with Crippen molar-refractivity contribution in [3.8, 4) is 0 Å². The molecule has 1 aromatic rings. The molecule has 0 bridgehead atoms. The third-order valence-electron chi connectivity index (χ3n) is 5.00. The predicted molar refractivity (Wildman–Crippen MR) is 93.0 cm³/mol. The third-order valence-corrected chi connectivity index (χ3v) is 5.00. The van der Waals surface area contributed by atoms with Crippen LogP contribution >= 0.6 is 0 Å². The molecule has 0 spiro atoms. The van der Waals surface area contributed by atoms with Gasteiger partial charge in [-0.05, 0) is 37.5 Å². The normalized spacial score (nSPS) is 19.2. The van der Waals surface area contributed by atoms with Gasteiger partial charge in [-0.25, -0.2) is 0 Å². The number of aliphatic carboxylic acids is 1. The van der Waals surface area contributed by atoms with Crippen molar-refractivity contribution < 1.29 is 24.3 Å². The number of nitrogens with zero attached hydrogens (tertiary/aromatic N) is 2. The molecule has 1 aromatic carbocycles. The molecule has 1 unspecified atom stereocenters. The summed E-state index contributed by atoms with van der Waals surface area (Å²) in [5.74, 6) is -1.90. The molecule has 7 heteroatoms. The highest BCUT2D eigenvalue weighted by atomic mass is 16.4.